The molecule has 4 heteroatoms. The summed E-state index contributed by atoms with van der Waals surface area (Å²) < 4.78 is 0. The average molecular weight is 147 g/mol. The van der Waals surface area contributed by atoms with Gasteiger partial charge in [0.2, 0.25) is 0 Å². The van der Waals surface area contributed by atoms with Gasteiger partial charge in [0.05, 0.1) is 0 Å². The Hall–Kier alpha value is -1.89. The van der Waals surface area contributed by atoms with Crippen LogP contribution in [0.4, 0.5) is 0 Å². The van der Waals surface area contributed by atoms with Crippen molar-refractivity contribution in [3.05, 3.63) is 30.5 Å². The Morgan fingerprint density at radius 3 is 2.64 bits per heavy atom. The minimum atomic E-state index is 0.0607. The van der Waals surface area contributed by atoms with E-state index in [-0.39, 0.29) is 11.4 Å². The van der Waals surface area contributed by atoms with Crippen LogP contribution in [0.1, 0.15) is 5.82 Å². The van der Waals surface area contributed by atoms with E-state index in [9.17, 15) is 0 Å². The van der Waals surface area contributed by atoms with Crippen LogP contribution in [0, 0.1) is 11.3 Å². The molecule has 0 amide bonds. The van der Waals surface area contributed by atoms with Gasteiger partial charge in [-0.25, -0.2) is 9.97 Å². The second kappa shape index (κ2) is 3.32. The highest BCUT2D eigenvalue weighted by atomic mass is 16.2. The molecule has 0 saturated heterocycles. The highest BCUT2D eigenvalue weighted by Gasteiger charge is 2.00. The highest BCUT2D eigenvalue weighted by molar-refractivity contribution is 5.70. The van der Waals surface area contributed by atoms with Gasteiger partial charge in [-0.05, 0) is 6.07 Å². The van der Waals surface area contributed by atoms with Gasteiger partial charge in [0.25, 0.3) is 0 Å². The molecule has 54 valence electrons. The third-order valence-electron chi connectivity index (χ3n) is 1.06. The summed E-state index contributed by atoms with van der Waals surface area (Å²) in [5.41, 5.74) is 0.0607. The van der Waals surface area contributed by atoms with Crippen molar-refractivity contribution in [3.8, 4) is 6.07 Å². The van der Waals surface area contributed by atoms with Crippen molar-refractivity contribution in [3.63, 3.8) is 0 Å². The summed E-state index contributed by atoms with van der Waals surface area (Å²) in [7, 11) is 0. The number of nitrogens with zero attached hydrogens (tertiary/aromatic N) is 3. The quantitative estimate of drug-likeness (QED) is 0.473. The molecule has 0 unspecified atom stereocenters. The summed E-state index contributed by atoms with van der Waals surface area (Å²) in [5, 5.41) is 16.9. The lowest BCUT2D eigenvalue weighted by Gasteiger charge is -1.91. The fourth-order valence-electron chi connectivity index (χ4n) is 0.575. The van der Waals surface area contributed by atoms with Gasteiger partial charge >= 0.3 is 0 Å². The molecule has 11 heavy (non-hydrogen) atoms. The summed E-state index contributed by atoms with van der Waals surface area (Å²) in [4.78, 5) is 7.52. The molecular weight excluding hydrogens is 142 g/mol. The SMILES string of the molecule is N#C/C(=C/O)c1ncccn1. The van der Waals surface area contributed by atoms with Crippen LogP contribution in [0.15, 0.2) is 24.7 Å². The van der Waals surface area contributed by atoms with Crippen molar-refractivity contribution < 1.29 is 5.11 Å². The average Bonchev–Trinajstić information content (AvgIpc) is 2.09. The van der Waals surface area contributed by atoms with Gasteiger partial charge < -0.3 is 5.11 Å². The Morgan fingerprint density at radius 1 is 1.55 bits per heavy atom. The first-order valence-electron chi connectivity index (χ1n) is 2.90. The molecule has 0 bridgehead atoms. The van der Waals surface area contributed by atoms with Crippen LogP contribution in [-0.4, -0.2) is 15.1 Å². The monoisotopic (exact) mass is 147 g/mol. The molecule has 1 aromatic rings. The number of hydrogen-bond donors (Lipinski definition) is 1. The van der Waals surface area contributed by atoms with E-state index in [2.05, 4.69) is 9.97 Å². The number of allylic oxidation sites excluding steroid dienone is 1. The minimum Gasteiger partial charge on any atom is -0.514 e. The van der Waals surface area contributed by atoms with Crippen molar-refractivity contribution in [2.24, 2.45) is 0 Å². The number of hydrogen-bond acceptors (Lipinski definition) is 4. The zero-order valence-corrected chi connectivity index (χ0v) is 5.60. The largest absolute Gasteiger partial charge is 0.514 e. The number of aliphatic hydroxyl groups excluding tert-OH is 1. The Kier molecular flexibility index (Phi) is 2.18. The molecule has 1 heterocycles. The van der Waals surface area contributed by atoms with Crippen LogP contribution in [0.3, 0.4) is 0 Å². The summed E-state index contributed by atoms with van der Waals surface area (Å²) in [6.07, 6.45) is 3.70. The normalized spacial score (nSPS) is 10.6. The molecule has 0 aliphatic heterocycles. The van der Waals surface area contributed by atoms with Crippen LogP contribution in [-0.2, 0) is 0 Å². The summed E-state index contributed by atoms with van der Waals surface area (Å²) in [6.45, 7) is 0. The molecule has 0 fully saturated rings. The summed E-state index contributed by atoms with van der Waals surface area (Å²) in [5.74, 6) is 0.234. The van der Waals surface area contributed by atoms with Crippen LogP contribution in [0.25, 0.3) is 5.57 Å². The molecule has 0 saturated carbocycles. The lowest BCUT2D eigenvalue weighted by molar-refractivity contribution is 0.476. The van der Waals surface area contributed by atoms with E-state index in [1.165, 1.54) is 12.4 Å². The zero-order chi connectivity index (χ0) is 8.10. The van der Waals surface area contributed by atoms with Crippen LogP contribution in [0.5, 0.6) is 0 Å². The maximum Gasteiger partial charge on any atom is 0.173 e. The van der Waals surface area contributed by atoms with Crippen molar-refractivity contribution in [2.45, 2.75) is 0 Å². The van der Waals surface area contributed by atoms with E-state index in [4.69, 9.17) is 10.4 Å². The fourth-order valence-corrected chi connectivity index (χ4v) is 0.575. The standard InChI is InChI=1S/C7H5N3O/c8-4-6(5-11)7-9-2-1-3-10-7/h1-3,5,11H/b6-5-. The first-order valence-corrected chi connectivity index (χ1v) is 2.90. The van der Waals surface area contributed by atoms with E-state index >= 15 is 0 Å². The molecule has 0 aliphatic carbocycles. The van der Waals surface area contributed by atoms with Gasteiger partial charge in [0.1, 0.15) is 17.9 Å². The third kappa shape index (κ3) is 1.52. The number of rotatable bonds is 1. The topological polar surface area (TPSA) is 69.8 Å². The van der Waals surface area contributed by atoms with E-state index in [0.29, 0.717) is 6.26 Å². The highest BCUT2D eigenvalue weighted by Crippen LogP contribution is 2.03. The molecule has 0 spiro atoms. The molecule has 1 N–H and O–H groups in total. The maximum absolute atomic E-state index is 8.51. The molecular formula is C7H5N3O. The van der Waals surface area contributed by atoms with Gasteiger partial charge in [-0.2, -0.15) is 5.26 Å². The first-order chi connectivity index (χ1) is 5.38. The van der Waals surface area contributed by atoms with Crippen molar-refractivity contribution in [1.82, 2.24) is 9.97 Å². The van der Waals surface area contributed by atoms with Gasteiger partial charge in [-0.3, -0.25) is 0 Å². The molecule has 0 aromatic carbocycles. The van der Waals surface area contributed by atoms with E-state index < -0.39 is 0 Å². The second-order valence-electron chi connectivity index (χ2n) is 1.73. The predicted molar refractivity (Wildman–Crippen MR) is 38.3 cm³/mol. The molecule has 0 aliphatic rings. The molecule has 1 aromatic heterocycles. The van der Waals surface area contributed by atoms with Crippen molar-refractivity contribution in [1.29, 1.82) is 5.26 Å². The van der Waals surface area contributed by atoms with E-state index in [1.54, 1.807) is 12.1 Å². The fraction of sp³-hybridized carbons (Fsp3) is 0. The predicted octanol–water partition coefficient (Wildman–Crippen LogP) is 0.899. The lowest BCUT2D eigenvalue weighted by Crippen LogP contribution is -1.89. The zero-order valence-electron chi connectivity index (χ0n) is 5.60. The third-order valence-corrected chi connectivity index (χ3v) is 1.06. The second-order valence-corrected chi connectivity index (χ2v) is 1.73. The molecule has 1 rings (SSSR count). The smallest absolute Gasteiger partial charge is 0.173 e. The summed E-state index contributed by atoms with van der Waals surface area (Å²) >= 11 is 0. The molecule has 0 atom stereocenters. The van der Waals surface area contributed by atoms with Crippen molar-refractivity contribution in [2.75, 3.05) is 0 Å². The molecule has 4 nitrogen and oxygen atoms in total. The number of nitriles is 1. The number of aromatic nitrogens is 2. The summed E-state index contributed by atoms with van der Waals surface area (Å²) in [6, 6.07) is 3.39. The van der Waals surface area contributed by atoms with Crippen molar-refractivity contribution >= 4 is 5.57 Å². The van der Waals surface area contributed by atoms with Crippen LogP contribution in [0.2, 0.25) is 0 Å². The van der Waals surface area contributed by atoms with Crippen LogP contribution >= 0.6 is 0 Å². The Labute approximate surface area is 63.5 Å². The molecule has 0 radical (unpaired) electrons. The van der Waals surface area contributed by atoms with E-state index in [1.807, 2.05) is 0 Å². The van der Waals surface area contributed by atoms with Crippen LogP contribution < -0.4 is 0 Å². The van der Waals surface area contributed by atoms with Gasteiger partial charge in [-0.1, -0.05) is 0 Å². The Morgan fingerprint density at radius 2 is 2.18 bits per heavy atom. The van der Waals surface area contributed by atoms with Gasteiger partial charge in [0, 0.05) is 12.4 Å². The minimum absolute atomic E-state index is 0.0607. The van der Waals surface area contributed by atoms with Gasteiger partial charge in [0.15, 0.2) is 5.82 Å². The van der Waals surface area contributed by atoms with E-state index in [0.717, 1.165) is 0 Å². The maximum atomic E-state index is 8.51. The lowest BCUT2D eigenvalue weighted by atomic mass is 10.3. The Bertz CT molecular complexity index is 299. The first kappa shape index (κ1) is 7.22. The Balaban J connectivity index is 3.05. The number of aliphatic hydroxyl groups is 1. The van der Waals surface area contributed by atoms with Gasteiger partial charge in [-0.15, -0.1) is 0 Å².